The minimum atomic E-state index is 0.339. The fourth-order valence-electron chi connectivity index (χ4n) is 1.47. The molecule has 0 aliphatic rings. The highest BCUT2D eigenvalue weighted by atomic mass is 32.1. The van der Waals surface area contributed by atoms with Crippen molar-refractivity contribution in [3.63, 3.8) is 0 Å². The minimum Gasteiger partial charge on any atom is -0.376 e. The van der Waals surface area contributed by atoms with Gasteiger partial charge in [-0.2, -0.15) is 16.4 Å². The standard InChI is InChI=1S/C11H15N3S/c1-3-14-7-11(6-12-14)13-9(2)10-4-5-15-8-10/h4-9,13H,3H2,1-2H3. The molecule has 1 unspecified atom stereocenters. The molecule has 3 nitrogen and oxygen atoms in total. The Hall–Kier alpha value is -1.29. The van der Waals surface area contributed by atoms with E-state index in [1.54, 1.807) is 11.3 Å². The van der Waals surface area contributed by atoms with E-state index in [9.17, 15) is 0 Å². The van der Waals surface area contributed by atoms with Gasteiger partial charge in [-0.05, 0) is 36.2 Å². The second kappa shape index (κ2) is 4.49. The number of rotatable bonds is 4. The molecule has 1 atom stereocenters. The summed E-state index contributed by atoms with van der Waals surface area (Å²) in [4.78, 5) is 0. The zero-order valence-corrected chi connectivity index (χ0v) is 9.79. The summed E-state index contributed by atoms with van der Waals surface area (Å²) in [6.45, 7) is 5.15. The highest BCUT2D eigenvalue weighted by molar-refractivity contribution is 7.07. The molecular weight excluding hydrogens is 206 g/mol. The molecule has 2 aromatic rings. The molecule has 0 aliphatic heterocycles. The van der Waals surface area contributed by atoms with Crippen LogP contribution in [0.4, 0.5) is 5.69 Å². The zero-order valence-electron chi connectivity index (χ0n) is 8.97. The number of hydrogen-bond donors (Lipinski definition) is 1. The van der Waals surface area contributed by atoms with Crippen LogP contribution in [0.15, 0.2) is 29.2 Å². The molecular formula is C11H15N3S. The normalized spacial score (nSPS) is 12.7. The second-order valence-corrected chi connectivity index (χ2v) is 4.29. The number of hydrogen-bond acceptors (Lipinski definition) is 3. The van der Waals surface area contributed by atoms with Gasteiger partial charge in [0.05, 0.1) is 11.9 Å². The van der Waals surface area contributed by atoms with Gasteiger partial charge in [-0.25, -0.2) is 0 Å². The molecule has 0 spiro atoms. The average molecular weight is 221 g/mol. The number of aromatic nitrogens is 2. The number of anilines is 1. The first-order valence-corrected chi connectivity index (χ1v) is 6.05. The maximum atomic E-state index is 4.23. The second-order valence-electron chi connectivity index (χ2n) is 3.51. The summed E-state index contributed by atoms with van der Waals surface area (Å²) >= 11 is 1.73. The molecule has 2 rings (SSSR count). The van der Waals surface area contributed by atoms with Crippen LogP contribution in [0.2, 0.25) is 0 Å². The summed E-state index contributed by atoms with van der Waals surface area (Å²) < 4.78 is 1.92. The lowest BCUT2D eigenvalue weighted by Crippen LogP contribution is -2.04. The van der Waals surface area contributed by atoms with Crippen LogP contribution < -0.4 is 5.32 Å². The van der Waals surface area contributed by atoms with E-state index in [0.29, 0.717) is 6.04 Å². The quantitative estimate of drug-likeness (QED) is 0.859. The molecule has 4 heteroatoms. The maximum Gasteiger partial charge on any atom is 0.0731 e. The van der Waals surface area contributed by atoms with Crippen molar-refractivity contribution in [2.24, 2.45) is 0 Å². The predicted octanol–water partition coefficient (Wildman–Crippen LogP) is 3.14. The number of thiophene rings is 1. The Morgan fingerprint density at radius 2 is 2.47 bits per heavy atom. The molecule has 0 saturated heterocycles. The predicted molar refractivity (Wildman–Crippen MR) is 64.3 cm³/mol. The summed E-state index contributed by atoms with van der Waals surface area (Å²) in [5, 5.41) is 11.9. The summed E-state index contributed by atoms with van der Waals surface area (Å²) in [5.41, 5.74) is 2.40. The fraction of sp³-hybridized carbons (Fsp3) is 0.364. The van der Waals surface area contributed by atoms with Gasteiger partial charge in [0.25, 0.3) is 0 Å². The van der Waals surface area contributed by atoms with E-state index in [4.69, 9.17) is 0 Å². The van der Waals surface area contributed by atoms with Crippen LogP contribution in [0.5, 0.6) is 0 Å². The van der Waals surface area contributed by atoms with Crippen LogP contribution >= 0.6 is 11.3 Å². The van der Waals surface area contributed by atoms with Crippen molar-refractivity contribution in [3.05, 3.63) is 34.8 Å². The van der Waals surface area contributed by atoms with Crippen LogP contribution in [-0.2, 0) is 6.54 Å². The Labute approximate surface area is 93.7 Å². The fourth-order valence-corrected chi connectivity index (χ4v) is 2.22. The summed E-state index contributed by atoms with van der Waals surface area (Å²) in [5.74, 6) is 0. The van der Waals surface area contributed by atoms with Crippen LogP contribution in [-0.4, -0.2) is 9.78 Å². The van der Waals surface area contributed by atoms with E-state index in [1.807, 2.05) is 17.1 Å². The first kappa shape index (κ1) is 10.2. The van der Waals surface area contributed by atoms with Crippen molar-refractivity contribution < 1.29 is 0 Å². The van der Waals surface area contributed by atoms with Gasteiger partial charge in [0.2, 0.25) is 0 Å². The molecule has 0 aromatic carbocycles. The molecule has 0 fully saturated rings. The number of aryl methyl sites for hydroxylation is 1. The average Bonchev–Trinajstić information content (AvgIpc) is 2.87. The van der Waals surface area contributed by atoms with Crippen molar-refractivity contribution in [1.82, 2.24) is 9.78 Å². The largest absolute Gasteiger partial charge is 0.376 e. The van der Waals surface area contributed by atoms with Gasteiger partial charge < -0.3 is 5.32 Å². The first-order chi connectivity index (χ1) is 7.29. The Bertz CT molecular complexity index is 405. The number of nitrogens with one attached hydrogen (secondary N) is 1. The maximum absolute atomic E-state index is 4.23. The molecule has 1 N–H and O–H groups in total. The first-order valence-electron chi connectivity index (χ1n) is 5.10. The third-order valence-corrected chi connectivity index (χ3v) is 3.09. The van der Waals surface area contributed by atoms with Gasteiger partial charge in [0.15, 0.2) is 0 Å². The van der Waals surface area contributed by atoms with Crippen molar-refractivity contribution in [2.45, 2.75) is 26.4 Å². The third-order valence-electron chi connectivity index (χ3n) is 2.38. The summed E-state index contributed by atoms with van der Waals surface area (Å²) in [7, 11) is 0. The Balaban J connectivity index is 2.02. The van der Waals surface area contributed by atoms with Crippen LogP contribution in [0.25, 0.3) is 0 Å². The number of nitrogens with zero attached hydrogens (tertiary/aromatic N) is 2. The topological polar surface area (TPSA) is 29.9 Å². The van der Waals surface area contributed by atoms with Crippen LogP contribution in [0, 0.1) is 0 Å². The molecule has 0 saturated carbocycles. The highest BCUT2D eigenvalue weighted by Crippen LogP contribution is 2.20. The van der Waals surface area contributed by atoms with E-state index < -0.39 is 0 Å². The van der Waals surface area contributed by atoms with E-state index in [0.717, 1.165) is 12.2 Å². The lowest BCUT2D eigenvalue weighted by Gasteiger charge is -2.11. The smallest absolute Gasteiger partial charge is 0.0731 e. The summed E-state index contributed by atoms with van der Waals surface area (Å²) in [6.07, 6.45) is 3.90. The van der Waals surface area contributed by atoms with Gasteiger partial charge in [-0.15, -0.1) is 0 Å². The van der Waals surface area contributed by atoms with Crippen molar-refractivity contribution >= 4 is 17.0 Å². The summed E-state index contributed by atoms with van der Waals surface area (Å²) in [6, 6.07) is 2.48. The van der Waals surface area contributed by atoms with E-state index in [2.05, 4.69) is 41.1 Å². The third kappa shape index (κ3) is 2.39. The molecule has 80 valence electrons. The van der Waals surface area contributed by atoms with Crippen molar-refractivity contribution in [2.75, 3.05) is 5.32 Å². The van der Waals surface area contributed by atoms with Gasteiger partial charge in [-0.3, -0.25) is 4.68 Å². The van der Waals surface area contributed by atoms with Crippen molar-refractivity contribution in [1.29, 1.82) is 0 Å². The van der Waals surface area contributed by atoms with E-state index in [-0.39, 0.29) is 0 Å². The van der Waals surface area contributed by atoms with Gasteiger partial charge in [-0.1, -0.05) is 0 Å². The molecule has 2 heterocycles. The highest BCUT2D eigenvalue weighted by Gasteiger charge is 2.06. The van der Waals surface area contributed by atoms with E-state index >= 15 is 0 Å². The minimum absolute atomic E-state index is 0.339. The molecule has 0 aliphatic carbocycles. The Kier molecular flexibility index (Phi) is 3.06. The van der Waals surface area contributed by atoms with Crippen LogP contribution in [0.3, 0.4) is 0 Å². The molecule has 0 amide bonds. The van der Waals surface area contributed by atoms with E-state index in [1.165, 1.54) is 5.56 Å². The van der Waals surface area contributed by atoms with Crippen molar-refractivity contribution in [3.8, 4) is 0 Å². The monoisotopic (exact) mass is 221 g/mol. The van der Waals surface area contributed by atoms with Gasteiger partial charge in [0, 0.05) is 18.8 Å². The Morgan fingerprint density at radius 3 is 3.07 bits per heavy atom. The molecule has 2 aromatic heterocycles. The molecule has 15 heavy (non-hydrogen) atoms. The molecule has 0 bridgehead atoms. The molecule has 0 radical (unpaired) electrons. The van der Waals surface area contributed by atoms with Gasteiger partial charge in [0.1, 0.15) is 0 Å². The zero-order chi connectivity index (χ0) is 10.7. The Morgan fingerprint density at radius 1 is 1.60 bits per heavy atom. The van der Waals surface area contributed by atoms with Gasteiger partial charge >= 0.3 is 0 Å². The van der Waals surface area contributed by atoms with Crippen LogP contribution in [0.1, 0.15) is 25.5 Å². The lowest BCUT2D eigenvalue weighted by molar-refractivity contribution is 0.660. The lowest BCUT2D eigenvalue weighted by atomic mass is 10.2. The SMILES string of the molecule is CCn1cc(NC(C)c2ccsc2)cn1.